The molecule has 8 nitrogen and oxygen atoms in total. The number of anilines is 1. The largest absolute Gasteiger partial charge is 0.495 e. The van der Waals surface area contributed by atoms with Crippen molar-refractivity contribution < 1.29 is 28.6 Å². The molecule has 1 saturated heterocycles. The molecule has 1 aliphatic rings. The smallest absolute Gasteiger partial charge is 0.411 e. The van der Waals surface area contributed by atoms with Crippen molar-refractivity contribution in [2.45, 2.75) is 52.2 Å². The van der Waals surface area contributed by atoms with Crippen molar-refractivity contribution in [2.24, 2.45) is 0 Å². The highest BCUT2D eigenvalue weighted by atomic mass is 16.6. The Morgan fingerprint density at radius 2 is 1.96 bits per heavy atom. The molecule has 2 rings (SSSR count). The van der Waals surface area contributed by atoms with Crippen LogP contribution >= 0.6 is 0 Å². The number of hydrogen-bond donors (Lipinski definition) is 1. The molecule has 154 valence electrons. The molecule has 1 fully saturated rings. The lowest BCUT2D eigenvalue weighted by Crippen LogP contribution is -2.44. The molecule has 0 radical (unpaired) electrons. The molecule has 1 atom stereocenters. The fourth-order valence-corrected chi connectivity index (χ4v) is 2.89. The molecule has 8 heteroatoms. The van der Waals surface area contributed by atoms with Crippen LogP contribution in [0.3, 0.4) is 0 Å². The predicted molar refractivity (Wildman–Crippen MR) is 103 cm³/mol. The van der Waals surface area contributed by atoms with Gasteiger partial charge in [0.1, 0.15) is 17.4 Å². The monoisotopic (exact) mass is 392 g/mol. The van der Waals surface area contributed by atoms with E-state index in [0.29, 0.717) is 30.8 Å². The van der Waals surface area contributed by atoms with Crippen LogP contribution in [-0.4, -0.2) is 54.8 Å². The minimum atomic E-state index is -0.740. The molecular weight excluding hydrogens is 364 g/mol. The minimum absolute atomic E-state index is 0.418. The molecule has 1 unspecified atom stereocenters. The van der Waals surface area contributed by atoms with Gasteiger partial charge in [0.15, 0.2) is 6.61 Å². The Labute approximate surface area is 165 Å². The quantitative estimate of drug-likeness (QED) is 0.775. The Balaban J connectivity index is 1.91. The average Bonchev–Trinajstić information content (AvgIpc) is 3.08. The Kier molecular flexibility index (Phi) is 6.88. The molecule has 0 aromatic heterocycles. The molecule has 0 spiro atoms. The summed E-state index contributed by atoms with van der Waals surface area (Å²) in [6.07, 6.45) is 0.595. The van der Waals surface area contributed by atoms with Crippen LogP contribution in [0.2, 0.25) is 0 Å². The average molecular weight is 392 g/mol. The van der Waals surface area contributed by atoms with E-state index in [2.05, 4.69) is 5.32 Å². The first-order valence-electron chi connectivity index (χ1n) is 9.21. The summed E-state index contributed by atoms with van der Waals surface area (Å²) in [6, 6.07) is 4.63. The first kappa shape index (κ1) is 21.5. The number of nitrogens with one attached hydrogen (secondary N) is 1. The highest BCUT2D eigenvalue weighted by Gasteiger charge is 2.37. The van der Waals surface area contributed by atoms with Gasteiger partial charge < -0.3 is 19.5 Å². The number of carbonyl (C=O) groups excluding carboxylic acids is 3. The third-order valence-corrected chi connectivity index (χ3v) is 4.13. The summed E-state index contributed by atoms with van der Waals surface area (Å²) < 4.78 is 15.7. The maximum Gasteiger partial charge on any atom is 0.411 e. The summed E-state index contributed by atoms with van der Waals surface area (Å²) in [7, 11) is 1.51. The maximum atomic E-state index is 12.4. The second kappa shape index (κ2) is 8.95. The summed E-state index contributed by atoms with van der Waals surface area (Å²) >= 11 is 0. The number of nitrogens with zero attached hydrogens (tertiary/aromatic N) is 1. The lowest BCUT2D eigenvalue weighted by Gasteiger charge is -2.27. The van der Waals surface area contributed by atoms with E-state index in [1.807, 2.05) is 13.0 Å². The summed E-state index contributed by atoms with van der Waals surface area (Å²) in [4.78, 5) is 38.2. The van der Waals surface area contributed by atoms with E-state index in [1.165, 1.54) is 12.0 Å². The molecule has 0 aliphatic carbocycles. The molecule has 1 aromatic rings. The molecule has 1 aromatic carbocycles. The van der Waals surface area contributed by atoms with Gasteiger partial charge in [0.05, 0.1) is 12.8 Å². The number of methoxy groups -OCH3 is 1. The Morgan fingerprint density at radius 1 is 1.25 bits per heavy atom. The van der Waals surface area contributed by atoms with Gasteiger partial charge in [-0.3, -0.25) is 9.69 Å². The van der Waals surface area contributed by atoms with Crippen LogP contribution in [-0.2, 0) is 19.1 Å². The highest BCUT2D eigenvalue weighted by Crippen LogP contribution is 2.25. The third kappa shape index (κ3) is 5.87. The number of amides is 2. The molecule has 28 heavy (non-hydrogen) atoms. The number of esters is 1. The number of rotatable bonds is 5. The molecule has 0 bridgehead atoms. The van der Waals surface area contributed by atoms with Crippen molar-refractivity contribution in [1.82, 2.24) is 4.90 Å². The summed E-state index contributed by atoms with van der Waals surface area (Å²) in [5, 5.41) is 2.67. The second-order valence-electron chi connectivity index (χ2n) is 7.69. The van der Waals surface area contributed by atoms with E-state index >= 15 is 0 Å². The van der Waals surface area contributed by atoms with Crippen molar-refractivity contribution in [1.29, 1.82) is 0 Å². The molecule has 2 amide bonds. The number of benzene rings is 1. The normalized spacial score (nSPS) is 16.5. The maximum absolute atomic E-state index is 12.4. The fraction of sp³-hybridized carbons (Fsp3) is 0.550. The van der Waals surface area contributed by atoms with Gasteiger partial charge in [-0.25, -0.2) is 9.59 Å². The fourth-order valence-electron chi connectivity index (χ4n) is 2.89. The molecule has 0 saturated carbocycles. The van der Waals surface area contributed by atoms with Crippen LogP contribution in [0.4, 0.5) is 10.5 Å². The Morgan fingerprint density at radius 3 is 2.61 bits per heavy atom. The molecule has 1 heterocycles. The number of ether oxygens (including phenoxy) is 3. The van der Waals surface area contributed by atoms with Crippen LogP contribution in [0.25, 0.3) is 0 Å². The predicted octanol–water partition coefficient (Wildman–Crippen LogP) is 2.88. The van der Waals surface area contributed by atoms with Crippen LogP contribution in [0, 0.1) is 6.92 Å². The van der Waals surface area contributed by atoms with Gasteiger partial charge in [-0.2, -0.15) is 0 Å². The molecule has 1 N–H and O–H groups in total. The van der Waals surface area contributed by atoms with E-state index < -0.39 is 36.2 Å². The van der Waals surface area contributed by atoms with Crippen molar-refractivity contribution in [3.05, 3.63) is 23.8 Å². The third-order valence-electron chi connectivity index (χ3n) is 4.13. The zero-order valence-corrected chi connectivity index (χ0v) is 17.0. The van der Waals surface area contributed by atoms with Gasteiger partial charge in [0, 0.05) is 6.54 Å². The van der Waals surface area contributed by atoms with E-state index in [0.717, 1.165) is 5.56 Å². The lowest BCUT2D eigenvalue weighted by molar-refractivity contribution is -0.151. The Hall–Kier alpha value is -2.77. The van der Waals surface area contributed by atoms with Crippen LogP contribution in [0.5, 0.6) is 5.75 Å². The zero-order valence-electron chi connectivity index (χ0n) is 17.0. The number of likely N-dealkylation sites (tertiary alicyclic amines) is 1. The van der Waals surface area contributed by atoms with Crippen molar-refractivity contribution >= 4 is 23.7 Å². The molecular formula is C20H28N2O6. The van der Waals surface area contributed by atoms with Crippen LogP contribution in [0.15, 0.2) is 18.2 Å². The Bertz CT molecular complexity index is 741. The van der Waals surface area contributed by atoms with Gasteiger partial charge in [-0.1, -0.05) is 6.07 Å². The zero-order chi connectivity index (χ0) is 20.9. The van der Waals surface area contributed by atoms with Gasteiger partial charge in [0.2, 0.25) is 0 Å². The summed E-state index contributed by atoms with van der Waals surface area (Å²) in [5.41, 5.74) is 0.799. The lowest BCUT2D eigenvalue weighted by atomic mass is 10.2. The number of carbonyl (C=O) groups is 3. The van der Waals surface area contributed by atoms with E-state index in [4.69, 9.17) is 14.2 Å². The van der Waals surface area contributed by atoms with Crippen molar-refractivity contribution in [3.63, 3.8) is 0 Å². The second-order valence-corrected chi connectivity index (χ2v) is 7.69. The van der Waals surface area contributed by atoms with Gasteiger partial charge >= 0.3 is 12.1 Å². The minimum Gasteiger partial charge on any atom is -0.495 e. The number of aryl methyl sites for hydroxylation is 1. The topological polar surface area (TPSA) is 94.2 Å². The van der Waals surface area contributed by atoms with E-state index in [-0.39, 0.29) is 0 Å². The summed E-state index contributed by atoms with van der Waals surface area (Å²) in [6.45, 7) is 7.14. The molecule has 1 aliphatic heterocycles. The van der Waals surface area contributed by atoms with Gasteiger partial charge in [-0.05, 0) is 58.2 Å². The van der Waals surface area contributed by atoms with E-state index in [1.54, 1.807) is 32.9 Å². The highest BCUT2D eigenvalue weighted by molar-refractivity contribution is 5.94. The van der Waals surface area contributed by atoms with Crippen LogP contribution < -0.4 is 10.1 Å². The first-order valence-corrected chi connectivity index (χ1v) is 9.21. The standard InChI is InChI=1S/C20H28N2O6/c1-13-8-9-16(26-5)14(11-13)21-17(23)12-27-18(24)15-7-6-10-22(15)19(25)28-20(2,3)4/h8-9,11,15H,6-7,10,12H2,1-5H3,(H,21,23). The first-order chi connectivity index (χ1) is 13.1. The van der Waals surface area contributed by atoms with Crippen molar-refractivity contribution in [2.75, 3.05) is 25.6 Å². The van der Waals surface area contributed by atoms with E-state index in [9.17, 15) is 14.4 Å². The van der Waals surface area contributed by atoms with Crippen molar-refractivity contribution in [3.8, 4) is 5.75 Å². The van der Waals surface area contributed by atoms with Crippen LogP contribution in [0.1, 0.15) is 39.2 Å². The SMILES string of the molecule is COc1ccc(C)cc1NC(=O)COC(=O)C1CCCN1C(=O)OC(C)(C)C. The van der Waals surface area contributed by atoms with Gasteiger partial charge in [-0.15, -0.1) is 0 Å². The number of hydrogen-bond acceptors (Lipinski definition) is 6. The van der Waals surface area contributed by atoms with Gasteiger partial charge in [0.25, 0.3) is 5.91 Å². The summed E-state index contributed by atoms with van der Waals surface area (Å²) in [5.74, 6) is -0.592.